The molecule has 6 N–H and O–H groups in total. The molecule has 1 amide bonds. The Balaban J connectivity index is 1.56. The molecule has 156 valence electrons. The molecule has 8 nitrogen and oxygen atoms in total. The number of rotatable bonds is 5. The van der Waals surface area contributed by atoms with Crippen LogP contribution in [0.25, 0.3) is 11.0 Å². The number of nitrogens with zero attached hydrogens (tertiary/aromatic N) is 2. The molecule has 31 heavy (non-hydrogen) atoms. The molecule has 0 fully saturated rings. The lowest BCUT2D eigenvalue weighted by Gasteiger charge is -2.17. The minimum Gasteiger partial charge on any atom is -0.332 e. The van der Waals surface area contributed by atoms with Gasteiger partial charge in [-0.05, 0) is 55.0 Å². The largest absolute Gasteiger partial charge is 0.332 e. The Bertz CT molecular complexity index is 1240. The van der Waals surface area contributed by atoms with Gasteiger partial charge in [0.1, 0.15) is 0 Å². The maximum atomic E-state index is 12.9. The first-order valence-corrected chi connectivity index (χ1v) is 10.0. The predicted molar refractivity (Wildman–Crippen MR) is 127 cm³/mol. The van der Waals surface area contributed by atoms with Crippen LogP contribution in [0.3, 0.4) is 0 Å². The first-order valence-electron chi connectivity index (χ1n) is 9.63. The Morgan fingerprint density at radius 2 is 1.87 bits per heavy atom. The van der Waals surface area contributed by atoms with E-state index in [1.165, 1.54) is 0 Å². The molecule has 1 atom stereocenters. The number of fused-ring (bicyclic) bond motifs is 1. The lowest BCUT2D eigenvalue weighted by atomic mass is 10.0. The Hall–Kier alpha value is -3.82. The van der Waals surface area contributed by atoms with Gasteiger partial charge in [0.25, 0.3) is 5.91 Å². The van der Waals surface area contributed by atoms with Crippen LogP contribution in [-0.4, -0.2) is 26.2 Å². The SMILES string of the molecule is CC(N)c1ccc(C(=O)Nc2ccnc3[nH]ncc23)cc1NC(=S)Nc1ccccc1. The number of carbonyl (C=O) groups is 1. The Morgan fingerprint density at radius 3 is 2.65 bits per heavy atom. The number of hydrogen-bond acceptors (Lipinski definition) is 5. The second kappa shape index (κ2) is 8.90. The third-order valence-corrected chi connectivity index (χ3v) is 4.89. The molecule has 0 spiro atoms. The fraction of sp³-hybridized carbons (Fsp3) is 0.0909. The predicted octanol–water partition coefficient (Wildman–Crippen LogP) is 4.04. The Labute approximate surface area is 184 Å². The van der Waals surface area contributed by atoms with Crippen LogP contribution < -0.4 is 21.7 Å². The van der Waals surface area contributed by atoms with E-state index in [1.54, 1.807) is 30.6 Å². The number of carbonyl (C=O) groups excluding carboxylic acids is 1. The van der Waals surface area contributed by atoms with E-state index in [9.17, 15) is 4.79 Å². The summed E-state index contributed by atoms with van der Waals surface area (Å²) in [7, 11) is 0. The zero-order valence-electron chi connectivity index (χ0n) is 16.7. The first kappa shape index (κ1) is 20.5. The average molecular weight is 432 g/mol. The highest BCUT2D eigenvalue weighted by atomic mass is 32.1. The molecule has 0 aliphatic heterocycles. The molecule has 0 saturated heterocycles. The van der Waals surface area contributed by atoms with Crippen molar-refractivity contribution in [3.8, 4) is 0 Å². The normalized spacial score (nSPS) is 11.7. The molecule has 2 aromatic heterocycles. The van der Waals surface area contributed by atoms with Crippen molar-refractivity contribution in [1.82, 2.24) is 15.2 Å². The van der Waals surface area contributed by atoms with E-state index < -0.39 is 0 Å². The molecule has 1 unspecified atom stereocenters. The number of pyridine rings is 1. The summed E-state index contributed by atoms with van der Waals surface area (Å²) in [6.07, 6.45) is 3.23. The van der Waals surface area contributed by atoms with E-state index in [1.807, 2.05) is 43.3 Å². The number of anilines is 3. The highest BCUT2D eigenvalue weighted by molar-refractivity contribution is 7.80. The second-order valence-electron chi connectivity index (χ2n) is 6.98. The number of aromatic amines is 1. The van der Waals surface area contributed by atoms with Crippen molar-refractivity contribution >= 4 is 51.3 Å². The lowest BCUT2D eigenvalue weighted by molar-refractivity contribution is 0.102. The molecule has 2 aromatic carbocycles. The molecule has 0 radical (unpaired) electrons. The molecule has 4 rings (SSSR count). The minimum atomic E-state index is -0.269. The number of amides is 1. The third kappa shape index (κ3) is 4.68. The lowest BCUT2D eigenvalue weighted by Crippen LogP contribution is -2.22. The summed E-state index contributed by atoms with van der Waals surface area (Å²) >= 11 is 5.44. The summed E-state index contributed by atoms with van der Waals surface area (Å²) in [5.41, 5.74) is 10.2. The fourth-order valence-corrected chi connectivity index (χ4v) is 3.39. The van der Waals surface area contributed by atoms with Gasteiger partial charge in [-0.2, -0.15) is 5.10 Å². The summed E-state index contributed by atoms with van der Waals surface area (Å²) in [5, 5.41) is 17.1. The van der Waals surface area contributed by atoms with Crippen molar-refractivity contribution in [3.63, 3.8) is 0 Å². The molecule has 0 bridgehead atoms. The summed E-state index contributed by atoms with van der Waals surface area (Å²) in [6.45, 7) is 1.88. The third-order valence-electron chi connectivity index (χ3n) is 4.69. The number of thiocarbonyl (C=S) groups is 1. The molecule has 2 heterocycles. The van der Waals surface area contributed by atoms with Crippen molar-refractivity contribution in [2.45, 2.75) is 13.0 Å². The fourth-order valence-electron chi connectivity index (χ4n) is 3.16. The number of benzene rings is 2. The van der Waals surface area contributed by atoms with Crippen LogP contribution in [0.2, 0.25) is 0 Å². The van der Waals surface area contributed by atoms with Crippen LogP contribution in [0.1, 0.15) is 28.9 Å². The van der Waals surface area contributed by atoms with Gasteiger partial charge in [0.2, 0.25) is 0 Å². The Kier molecular flexibility index (Phi) is 5.87. The van der Waals surface area contributed by atoms with E-state index >= 15 is 0 Å². The summed E-state index contributed by atoms with van der Waals surface area (Å²) < 4.78 is 0. The summed E-state index contributed by atoms with van der Waals surface area (Å²) in [6, 6.07) is 16.4. The summed E-state index contributed by atoms with van der Waals surface area (Å²) in [4.78, 5) is 17.1. The van der Waals surface area contributed by atoms with Crippen molar-refractivity contribution < 1.29 is 4.79 Å². The molecular weight excluding hydrogens is 410 g/mol. The monoisotopic (exact) mass is 431 g/mol. The van der Waals surface area contributed by atoms with Gasteiger partial charge in [0, 0.05) is 29.2 Å². The number of para-hydroxylation sites is 1. The van der Waals surface area contributed by atoms with Crippen LogP contribution >= 0.6 is 12.2 Å². The maximum Gasteiger partial charge on any atom is 0.255 e. The molecular formula is C22H21N7OS. The topological polar surface area (TPSA) is 121 Å². The highest BCUT2D eigenvalue weighted by Crippen LogP contribution is 2.25. The van der Waals surface area contributed by atoms with Gasteiger partial charge in [0.05, 0.1) is 17.3 Å². The van der Waals surface area contributed by atoms with Crippen molar-refractivity contribution in [3.05, 3.63) is 78.1 Å². The summed E-state index contributed by atoms with van der Waals surface area (Å²) in [5.74, 6) is -0.269. The highest BCUT2D eigenvalue weighted by Gasteiger charge is 2.15. The molecule has 9 heteroatoms. The van der Waals surface area contributed by atoms with Crippen LogP contribution in [0, 0.1) is 0 Å². The first-order chi connectivity index (χ1) is 15.0. The van der Waals surface area contributed by atoms with E-state index in [0.29, 0.717) is 27.7 Å². The van der Waals surface area contributed by atoms with Gasteiger partial charge in [-0.1, -0.05) is 24.3 Å². The van der Waals surface area contributed by atoms with Gasteiger partial charge in [-0.15, -0.1) is 0 Å². The molecule has 4 aromatic rings. The zero-order valence-corrected chi connectivity index (χ0v) is 17.5. The molecule has 0 saturated carbocycles. The van der Waals surface area contributed by atoms with E-state index in [0.717, 1.165) is 16.6 Å². The van der Waals surface area contributed by atoms with E-state index in [4.69, 9.17) is 18.0 Å². The minimum absolute atomic E-state index is 0.245. The smallest absolute Gasteiger partial charge is 0.255 e. The van der Waals surface area contributed by atoms with Gasteiger partial charge in [-0.25, -0.2) is 4.98 Å². The van der Waals surface area contributed by atoms with Gasteiger partial charge < -0.3 is 21.7 Å². The maximum absolute atomic E-state index is 12.9. The van der Waals surface area contributed by atoms with Gasteiger partial charge in [0.15, 0.2) is 10.8 Å². The zero-order chi connectivity index (χ0) is 21.8. The number of nitrogens with two attached hydrogens (primary N) is 1. The van der Waals surface area contributed by atoms with Crippen molar-refractivity contribution in [1.29, 1.82) is 0 Å². The van der Waals surface area contributed by atoms with Crippen molar-refractivity contribution in [2.75, 3.05) is 16.0 Å². The van der Waals surface area contributed by atoms with Crippen LogP contribution in [0.5, 0.6) is 0 Å². The number of aromatic nitrogens is 3. The standard InChI is InChI=1S/C22H21N7OS/c1-13(23)16-8-7-14(11-19(16)28-22(31)26-15-5-3-2-4-6-15)21(30)27-18-9-10-24-20-17(18)12-25-29-20/h2-13H,23H2,1H3,(H2,26,28,31)(H2,24,25,27,29,30). The average Bonchev–Trinajstić information content (AvgIpc) is 3.24. The van der Waals surface area contributed by atoms with E-state index in [2.05, 4.69) is 31.1 Å². The molecule has 0 aliphatic rings. The Morgan fingerprint density at radius 1 is 1.06 bits per heavy atom. The second-order valence-corrected chi connectivity index (χ2v) is 7.39. The quantitative estimate of drug-likeness (QED) is 0.302. The number of hydrogen-bond donors (Lipinski definition) is 5. The van der Waals surface area contributed by atoms with Gasteiger partial charge >= 0.3 is 0 Å². The molecule has 0 aliphatic carbocycles. The van der Waals surface area contributed by atoms with Crippen LogP contribution in [0.15, 0.2) is 67.0 Å². The number of H-pyrrole nitrogens is 1. The van der Waals surface area contributed by atoms with Crippen LogP contribution in [-0.2, 0) is 0 Å². The number of nitrogens with one attached hydrogen (secondary N) is 4. The van der Waals surface area contributed by atoms with Crippen LogP contribution in [0.4, 0.5) is 17.1 Å². The van der Waals surface area contributed by atoms with Gasteiger partial charge in [-0.3, -0.25) is 9.89 Å². The van der Waals surface area contributed by atoms with E-state index in [-0.39, 0.29) is 11.9 Å². The van der Waals surface area contributed by atoms with Crippen molar-refractivity contribution in [2.24, 2.45) is 5.73 Å².